The standard InChI is InChI=1S/C23H31N3O2S/c1-3-9-17(2)24-21(27)16-29-23-25-20-13-8-7-12-19(20)22(28)26(23)15-14-18-10-5-4-6-11-18/h7-8,10,12-13,17H,3-6,9,11,14-16H2,1-2H3,(H,24,27)/t17-/m0/s1. The van der Waals surface area contributed by atoms with Crippen molar-refractivity contribution in [1.82, 2.24) is 14.9 Å². The summed E-state index contributed by atoms with van der Waals surface area (Å²) in [7, 11) is 0. The summed E-state index contributed by atoms with van der Waals surface area (Å²) in [6.45, 7) is 4.74. The minimum absolute atomic E-state index is 0.0140. The van der Waals surface area contributed by atoms with Gasteiger partial charge in [0.05, 0.1) is 16.7 Å². The van der Waals surface area contributed by atoms with Crippen molar-refractivity contribution in [1.29, 1.82) is 0 Å². The first-order chi connectivity index (χ1) is 14.1. The Hall–Kier alpha value is -2.08. The lowest BCUT2D eigenvalue weighted by atomic mass is 9.97. The molecule has 0 aliphatic heterocycles. The molecular weight excluding hydrogens is 382 g/mol. The SMILES string of the molecule is CCC[C@H](C)NC(=O)CSc1nc2ccccc2c(=O)n1CCC1=CCCCC1. The van der Waals surface area contributed by atoms with Gasteiger partial charge in [-0.3, -0.25) is 14.2 Å². The lowest BCUT2D eigenvalue weighted by molar-refractivity contribution is -0.119. The Balaban J connectivity index is 1.79. The first-order valence-corrected chi connectivity index (χ1v) is 11.7. The van der Waals surface area contributed by atoms with Crippen LogP contribution in [0.5, 0.6) is 0 Å². The number of amides is 1. The molecule has 0 spiro atoms. The van der Waals surface area contributed by atoms with Crippen LogP contribution in [0.2, 0.25) is 0 Å². The number of para-hydroxylation sites is 1. The molecular formula is C23H31N3O2S. The number of nitrogens with zero attached hydrogens (tertiary/aromatic N) is 2. The number of hydrogen-bond acceptors (Lipinski definition) is 4. The van der Waals surface area contributed by atoms with Crippen LogP contribution >= 0.6 is 11.8 Å². The third-order valence-corrected chi connectivity index (χ3v) is 6.31. The average molecular weight is 414 g/mol. The molecule has 5 nitrogen and oxygen atoms in total. The molecule has 0 radical (unpaired) electrons. The first kappa shape index (κ1) is 21.6. The molecule has 0 fully saturated rings. The summed E-state index contributed by atoms with van der Waals surface area (Å²) in [6.07, 6.45) is 9.93. The zero-order chi connectivity index (χ0) is 20.6. The van der Waals surface area contributed by atoms with Gasteiger partial charge in [0.2, 0.25) is 5.91 Å². The topological polar surface area (TPSA) is 64.0 Å². The summed E-state index contributed by atoms with van der Waals surface area (Å²) < 4.78 is 1.76. The van der Waals surface area contributed by atoms with Gasteiger partial charge in [0, 0.05) is 12.6 Å². The van der Waals surface area contributed by atoms with Gasteiger partial charge in [0.15, 0.2) is 5.16 Å². The molecule has 2 aromatic rings. The van der Waals surface area contributed by atoms with Gasteiger partial charge >= 0.3 is 0 Å². The summed E-state index contributed by atoms with van der Waals surface area (Å²) in [4.78, 5) is 30.1. The van der Waals surface area contributed by atoms with E-state index < -0.39 is 0 Å². The van der Waals surface area contributed by atoms with Crippen LogP contribution in [-0.4, -0.2) is 27.3 Å². The van der Waals surface area contributed by atoms with E-state index in [2.05, 4.69) is 18.3 Å². The van der Waals surface area contributed by atoms with Crippen LogP contribution in [0.4, 0.5) is 0 Å². The number of hydrogen-bond donors (Lipinski definition) is 1. The van der Waals surface area contributed by atoms with E-state index in [9.17, 15) is 9.59 Å². The van der Waals surface area contributed by atoms with E-state index in [4.69, 9.17) is 4.98 Å². The van der Waals surface area contributed by atoms with Crippen molar-refractivity contribution in [2.75, 3.05) is 5.75 Å². The number of aromatic nitrogens is 2. The number of benzene rings is 1. The largest absolute Gasteiger partial charge is 0.353 e. The van der Waals surface area contributed by atoms with E-state index in [-0.39, 0.29) is 23.3 Å². The summed E-state index contributed by atoms with van der Waals surface area (Å²) in [5, 5.41) is 4.28. The van der Waals surface area contributed by atoms with Gasteiger partial charge in [-0.15, -0.1) is 0 Å². The number of thioether (sulfide) groups is 1. The number of nitrogens with one attached hydrogen (secondary N) is 1. The molecule has 1 aromatic heterocycles. The second-order valence-corrected chi connectivity index (χ2v) is 8.71. The number of rotatable bonds is 9. The predicted octanol–water partition coefficient (Wildman–Crippen LogP) is 4.68. The third-order valence-electron chi connectivity index (χ3n) is 5.33. The Morgan fingerprint density at radius 1 is 1.31 bits per heavy atom. The maximum atomic E-state index is 13.1. The fraction of sp³-hybridized carbons (Fsp3) is 0.522. The highest BCUT2D eigenvalue weighted by Gasteiger charge is 2.15. The summed E-state index contributed by atoms with van der Waals surface area (Å²) in [5.41, 5.74) is 2.10. The van der Waals surface area contributed by atoms with Gasteiger partial charge in [0.1, 0.15) is 0 Å². The van der Waals surface area contributed by atoms with E-state index in [0.29, 0.717) is 22.6 Å². The van der Waals surface area contributed by atoms with Gasteiger partial charge in [-0.25, -0.2) is 4.98 Å². The zero-order valence-electron chi connectivity index (χ0n) is 17.4. The summed E-state index contributed by atoms with van der Waals surface area (Å²) in [5.74, 6) is 0.251. The van der Waals surface area contributed by atoms with Crippen LogP contribution in [0, 0.1) is 0 Å². The Morgan fingerprint density at radius 3 is 2.90 bits per heavy atom. The third kappa shape index (κ3) is 5.95. The maximum Gasteiger partial charge on any atom is 0.262 e. The van der Waals surface area contributed by atoms with E-state index in [1.807, 2.05) is 31.2 Å². The number of fused-ring (bicyclic) bond motifs is 1. The quantitative estimate of drug-likeness (QED) is 0.368. The first-order valence-electron chi connectivity index (χ1n) is 10.7. The molecule has 0 saturated heterocycles. The molecule has 1 aliphatic carbocycles. The second-order valence-electron chi connectivity index (χ2n) is 7.77. The van der Waals surface area contributed by atoms with E-state index in [1.165, 1.54) is 30.2 Å². The Labute approximate surface area is 177 Å². The monoisotopic (exact) mass is 413 g/mol. The van der Waals surface area contributed by atoms with Crippen molar-refractivity contribution in [3.63, 3.8) is 0 Å². The molecule has 1 aliphatic rings. The molecule has 29 heavy (non-hydrogen) atoms. The Morgan fingerprint density at radius 2 is 2.14 bits per heavy atom. The molecule has 1 amide bonds. The molecule has 156 valence electrons. The number of carbonyl (C=O) groups excluding carboxylic acids is 1. The van der Waals surface area contributed by atoms with Gasteiger partial charge in [0.25, 0.3) is 5.56 Å². The van der Waals surface area contributed by atoms with Crippen molar-refractivity contribution in [3.8, 4) is 0 Å². The van der Waals surface area contributed by atoms with Crippen LogP contribution in [0.15, 0.2) is 45.9 Å². The smallest absolute Gasteiger partial charge is 0.262 e. The molecule has 0 bridgehead atoms. The molecule has 6 heteroatoms. The van der Waals surface area contributed by atoms with Crippen LogP contribution in [0.3, 0.4) is 0 Å². The molecule has 1 aromatic carbocycles. The van der Waals surface area contributed by atoms with Crippen LogP contribution < -0.4 is 10.9 Å². The lowest BCUT2D eigenvalue weighted by Crippen LogP contribution is -2.34. The van der Waals surface area contributed by atoms with Gasteiger partial charge < -0.3 is 5.32 Å². The van der Waals surface area contributed by atoms with Gasteiger partial charge in [-0.1, -0.05) is 48.9 Å². The maximum absolute atomic E-state index is 13.1. The highest BCUT2D eigenvalue weighted by atomic mass is 32.2. The number of carbonyl (C=O) groups is 1. The van der Waals surface area contributed by atoms with Gasteiger partial charge in [-0.2, -0.15) is 0 Å². The minimum atomic E-state index is -0.0192. The second kappa shape index (κ2) is 10.6. The summed E-state index contributed by atoms with van der Waals surface area (Å²) >= 11 is 1.35. The summed E-state index contributed by atoms with van der Waals surface area (Å²) in [6, 6.07) is 7.61. The van der Waals surface area contributed by atoms with E-state index in [1.54, 1.807) is 4.57 Å². The molecule has 1 N–H and O–H groups in total. The molecule has 3 rings (SSSR count). The number of allylic oxidation sites excluding steroid dienone is 2. The molecule has 0 saturated carbocycles. The molecule has 0 unspecified atom stereocenters. The van der Waals surface area contributed by atoms with Crippen molar-refractivity contribution in [2.45, 2.75) is 76.5 Å². The fourth-order valence-electron chi connectivity index (χ4n) is 3.79. The van der Waals surface area contributed by atoms with E-state index >= 15 is 0 Å². The lowest BCUT2D eigenvalue weighted by Gasteiger charge is -2.17. The Bertz CT molecular complexity index is 935. The minimum Gasteiger partial charge on any atom is -0.353 e. The van der Waals surface area contributed by atoms with E-state index in [0.717, 1.165) is 32.1 Å². The normalized spacial score (nSPS) is 15.2. The van der Waals surface area contributed by atoms with Crippen molar-refractivity contribution in [2.24, 2.45) is 0 Å². The highest BCUT2D eigenvalue weighted by Crippen LogP contribution is 2.23. The molecule has 1 atom stereocenters. The van der Waals surface area contributed by atoms with Crippen LogP contribution in [0.25, 0.3) is 10.9 Å². The van der Waals surface area contributed by atoms with Crippen LogP contribution in [-0.2, 0) is 11.3 Å². The highest BCUT2D eigenvalue weighted by molar-refractivity contribution is 7.99. The average Bonchev–Trinajstić information content (AvgIpc) is 2.72. The zero-order valence-corrected chi connectivity index (χ0v) is 18.3. The molecule has 1 heterocycles. The Kier molecular flexibility index (Phi) is 7.92. The van der Waals surface area contributed by atoms with Gasteiger partial charge in [-0.05, 0) is 57.6 Å². The fourth-order valence-corrected chi connectivity index (χ4v) is 4.63. The van der Waals surface area contributed by atoms with Crippen molar-refractivity contribution < 1.29 is 4.79 Å². The van der Waals surface area contributed by atoms with Crippen molar-refractivity contribution >= 4 is 28.6 Å². The van der Waals surface area contributed by atoms with Crippen molar-refractivity contribution in [3.05, 3.63) is 46.3 Å². The van der Waals surface area contributed by atoms with Crippen LogP contribution in [0.1, 0.15) is 58.8 Å². The predicted molar refractivity (Wildman–Crippen MR) is 120 cm³/mol.